The average molecular weight is 559 g/mol. The van der Waals surface area contributed by atoms with Crippen molar-refractivity contribution in [3.05, 3.63) is 88.9 Å². The third-order valence-electron chi connectivity index (χ3n) is 7.05. The Kier molecular flexibility index (Phi) is 8.40. The summed E-state index contributed by atoms with van der Waals surface area (Å²) in [6.45, 7) is 1.77. The number of nitrogens with zero attached hydrogens (tertiary/aromatic N) is 5. The number of methoxy groups -OCH3 is 1. The first-order valence-electron chi connectivity index (χ1n) is 13.3. The molecule has 0 spiro atoms. The van der Waals surface area contributed by atoms with Gasteiger partial charge in [-0.1, -0.05) is 54.3 Å². The van der Waals surface area contributed by atoms with E-state index in [1.165, 1.54) is 9.70 Å². The van der Waals surface area contributed by atoms with Crippen molar-refractivity contribution < 1.29 is 14.3 Å². The summed E-state index contributed by atoms with van der Waals surface area (Å²) in [6, 6.07) is 21.0. The number of nitrogens with one attached hydrogen (secondary N) is 1. The number of halogens is 1. The lowest BCUT2D eigenvalue weighted by molar-refractivity contribution is -0.127. The van der Waals surface area contributed by atoms with Crippen LogP contribution in [-0.4, -0.2) is 45.2 Å². The fourth-order valence-corrected chi connectivity index (χ4v) is 5.04. The Morgan fingerprint density at radius 2 is 1.70 bits per heavy atom. The van der Waals surface area contributed by atoms with Crippen molar-refractivity contribution in [2.75, 3.05) is 12.0 Å². The minimum atomic E-state index is -0.902. The van der Waals surface area contributed by atoms with Gasteiger partial charge in [-0.25, -0.2) is 0 Å². The van der Waals surface area contributed by atoms with Gasteiger partial charge in [0.05, 0.1) is 7.11 Å². The van der Waals surface area contributed by atoms with Crippen LogP contribution in [0, 0.1) is 6.92 Å². The Bertz CT molecular complexity index is 1450. The van der Waals surface area contributed by atoms with Crippen LogP contribution in [0.4, 0.5) is 5.69 Å². The van der Waals surface area contributed by atoms with Crippen molar-refractivity contribution >= 4 is 29.1 Å². The molecule has 0 unspecified atom stereocenters. The molecule has 1 aliphatic carbocycles. The molecule has 1 atom stereocenters. The molecule has 1 fully saturated rings. The first-order valence-corrected chi connectivity index (χ1v) is 13.7. The van der Waals surface area contributed by atoms with Gasteiger partial charge in [0.15, 0.2) is 0 Å². The standard InChI is InChI=1S/C30H31ClN6O3/c1-20-7-9-21(10-8-20)28(30(39)32-24-5-3-4-6-24)37(25-15-17-26(40-2)18-16-25)27(38)19-36-34-29(33-35-36)22-11-13-23(31)14-12-22/h7-18,24,28H,3-6,19H2,1-2H3,(H,32,39)/t28-/m0/s1. The van der Waals surface area contributed by atoms with E-state index in [1.54, 1.807) is 55.6 Å². The molecule has 9 nitrogen and oxygen atoms in total. The zero-order valence-corrected chi connectivity index (χ0v) is 23.2. The Labute approximate surface area is 238 Å². The third kappa shape index (κ3) is 6.31. The van der Waals surface area contributed by atoms with E-state index in [-0.39, 0.29) is 24.4 Å². The zero-order chi connectivity index (χ0) is 28.1. The molecule has 1 saturated carbocycles. The zero-order valence-electron chi connectivity index (χ0n) is 22.5. The van der Waals surface area contributed by atoms with E-state index in [2.05, 4.69) is 20.7 Å². The maximum absolute atomic E-state index is 14.0. The van der Waals surface area contributed by atoms with Crippen molar-refractivity contribution in [1.82, 2.24) is 25.5 Å². The monoisotopic (exact) mass is 558 g/mol. The van der Waals surface area contributed by atoms with Gasteiger partial charge in [-0.2, -0.15) is 4.80 Å². The highest BCUT2D eigenvalue weighted by atomic mass is 35.5. The van der Waals surface area contributed by atoms with Crippen LogP contribution in [-0.2, 0) is 16.1 Å². The number of amides is 2. The molecule has 3 aromatic carbocycles. The molecule has 1 aromatic heterocycles. The smallest absolute Gasteiger partial charge is 0.251 e. The average Bonchev–Trinajstić information content (AvgIpc) is 3.65. The maximum Gasteiger partial charge on any atom is 0.251 e. The van der Waals surface area contributed by atoms with Crippen LogP contribution in [0.5, 0.6) is 5.75 Å². The number of carbonyl (C=O) groups excluding carboxylic acids is 2. The first-order chi connectivity index (χ1) is 19.4. The van der Waals surface area contributed by atoms with Crippen LogP contribution in [0.3, 0.4) is 0 Å². The number of carbonyl (C=O) groups is 2. The van der Waals surface area contributed by atoms with E-state index in [0.29, 0.717) is 27.8 Å². The quantitative estimate of drug-likeness (QED) is 0.305. The number of tetrazole rings is 1. The molecule has 1 heterocycles. The van der Waals surface area contributed by atoms with E-state index in [0.717, 1.165) is 36.8 Å². The van der Waals surface area contributed by atoms with Gasteiger partial charge in [0.2, 0.25) is 11.7 Å². The van der Waals surface area contributed by atoms with E-state index in [1.807, 2.05) is 31.2 Å². The topological polar surface area (TPSA) is 102 Å². The van der Waals surface area contributed by atoms with Gasteiger partial charge in [0.1, 0.15) is 18.3 Å². The van der Waals surface area contributed by atoms with Crippen LogP contribution in [0.15, 0.2) is 72.8 Å². The van der Waals surface area contributed by atoms with Gasteiger partial charge in [-0.15, -0.1) is 10.2 Å². The number of hydrogen-bond acceptors (Lipinski definition) is 6. The summed E-state index contributed by atoms with van der Waals surface area (Å²) in [4.78, 5) is 30.7. The van der Waals surface area contributed by atoms with Gasteiger partial charge in [0.25, 0.3) is 5.91 Å². The van der Waals surface area contributed by atoms with Crippen molar-refractivity contribution in [2.24, 2.45) is 0 Å². The maximum atomic E-state index is 14.0. The summed E-state index contributed by atoms with van der Waals surface area (Å²) in [5, 5.41) is 16.4. The predicted molar refractivity (Wildman–Crippen MR) is 153 cm³/mol. The molecular formula is C30H31ClN6O3. The molecular weight excluding hydrogens is 528 g/mol. The lowest BCUT2D eigenvalue weighted by Gasteiger charge is -2.32. The molecule has 0 aliphatic heterocycles. The molecule has 4 aromatic rings. The molecule has 1 N–H and O–H groups in total. The molecule has 2 amide bonds. The minimum Gasteiger partial charge on any atom is -0.497 e. The van der Waals surface area contributed by atoms with E-state index >= 15 is 0 Å². The molecule has 40 heavy (non-hydrogen) atoms. The van der Waals surface area contributed by atoms with Crippen molar-refractivity contribution in [1.29, 1.82) is 0 Å². The highest BCUT2D eigenvalue weighted by molar-refractivity contribution is 6.30. The lowest BCUT2D eigenvalue weighted by atomic mass is 10.0. The van der Waals surface area contributed by atoms with Crippen molar-refractivity contribution in [3.8, 4) is 17.1 Å². The summed E-state index contributed by atoms with van der Waals surface area (Å²) in [5.74, 6) is 0.421. The highest BCUT2D eigenvalue weighted by Crippen LogP contribution is 2.31. The third-order valence-corrected chi connectivity index (χ3v) is 7.30. The van der Waals surface area contributed by atoms with Crippen LogP contribution in [0.1, 0.15) is 42.9 Å². The second-order valence-electron chi connectivity index (χ2n) is 9.92. The minimum absolute atomic E-state index is 0.0900. The molecule has 5 rings (SSSR count). The van der Waals surface area contributed by atoms with Crippen LogP contribution >= 0.6 is 11.6 Å². The Hall–Kier alpha value is -4.24. The number of benzene rings is 3. The number of rotatable bonds is 9. The molecule has 206 valence electrons. The van der Waals surface area contributed by atoms with Crippen LogP contribution in [0.25, 0.3) is 11.4 Å². The van der Waals surface area contributed by atoms with E-state index in [4.69, 9.17) is 16.3 Å². The first kappa shape index (κ1) is 27.3. The predicted octanol–water partition coefficient (Wildman–Crippen LogP) is 5.14. The van der Waals surface area contributed by atoms with Gasteiger partial charge in [-0.3, -0.25) is 14.5 Å². The lowest BCUT2D eigenvalue weighted by Crippen LogP contribution is -2.47. The Morgan fingerprint density at radius 3 is 2.35 bits per heavy atom. The Morgan fingerprint density at radius 1 is 1.02 bits per heavy atom. The van der Waals surface area contributed by atoms with E-state index < -0.39 is 6.04 Å². The molecule has 10 heteroatoms. The van der Waals surface area contributed by atoms with Crippen LogP contribution in [0.2, 0.25) is 5.02 Å². The van der Waals surface area contributed by atoms with Gasteiger partial charge in [-0.05, 0) is 79.1 Å². The number of hydrogen-bond donors (Lipinski definition) is 1. The molecule has 0 bridgehead atoms. The number of aromatic nitrogens is 4. The largest absolute Gasteiger partial charge is 0.497 e. The summed E-state index contributed by atoms with van der Waals surface area (Å²) in [6.07, 6.45) is 4.02. The van der Waals surface area contributed by atoms with Crippen molar-refractivity contribution in [3.63, 3.8) is 0 Å². The summed E-state index contributed by atoms with van der Waals surface area (Å²) in [7, 11) is 1.58. The van der Waals surface area contributed by atoms with E-state index in [9.17, 15) is 9.59 Å². The fourth-order valence-electron chi connectivity index (χ4n) is 4.92. The van der Waals surface area contributed by atoms with Gasteiger partial charge in [0, 0.05) is 22.3 Å². The SMILES string of the molecule is COc1ccc(N(C(=O)Cn2nnc(-c3ccc(Cl)cc3)n2)[C@H](C(=O)NC2CCCC2)c2ccc(C)cc2)cc1. The molecule has 1 aliphatic rings. The van der Waals surface area contributed by atoms with Crippen LogP contribution < -0.4 is 15.0 Å². The van der Waals surface area contributed by atoms with Gasteiger partial charge >= 0.3 is 0 Å². The fraction of sp³-hybridized carbons (Fsp3) is 0.300. The van der Waals surface area contributed by atoms with Crippen molar-refractivity contribution in [2.45, 2.75) is 51.2 Å². The van der Waals surface area contributed by atoms with Gasteiger partial charge < -0.3 is 10.1 Å². The summed E-state index contributed by atoms with van der Waals surface area (Å²) < 4.78 is 5.33. The highest BCUT2D eigenvalue weighted by Gasteiger charge is 2.34. The summed E-state index contributed by atoms with van der Waals surface area (Å²) >= 11 is 6.00. The second kappa shape index (κ2) is 12.3. The number of ether oxygens (including phenoxy) is 1. The Balaban J connectivity index is 1.50. The molecule has 0 saturated heterocycles. The number of aryl methyl sites for hydroxylation is 1. The molecule has 0 radical (unpaired) electrons. The number of anilines is 1. The second-order valence-corrected chi connectivity index (χ2v) is 10.4. The normalized spacial score (nSPS) is 14.1. The summed E-state index contributed by atoms with van der Waals surface area (Å²) in [5.41, 5.74) is 3.04.